The molecule has 16 aromatic rings. The summed E-state index contributed by atoms with van der Waals surface area (Å²) in [5.74, 6) is -0.106. The number of ether oxygens (including phenoxy) is 4. The van der Waals surface area contributed by atoms with Gasteiger partial charge in [-0.1, -0.05) is 147 Å². The van der Waals surface area contributed by atoms with Crippen molar-refractivity contribution in [3.63, 3.8) is 0 Å². The normalized spacial score (nSPS) is 11.8. The highest BCUT2D eigenvalue weighted by Gasteiger charge is 2.36. The van der Waals surface area contributed by atoms with E-state index in [1.165, 1.54) is 70.5 Å². The van der Waals surface area contributed by atoms with E-state index in [9.17, 15) is 62.3 Å². The molecular weight excluding hydrogens is 1690 g/mol. The summed E-state index contributed by atoms with van der Waals surface area (Å²) in [4.78, 5) is 45.7. The summed E-state index contributed by atoms with van der Waals surface area (Å²) in [6.45, 7) is 12.4. The van der Waals surface area contributed by atoms with Gasteiger partial charge in [0.15, 0.2) is 23.0 Å². The number of carboxylic acids is 4. The van der Waals surface area contributed by atoms with Crippen LogP contribution in [0.1, 0.15) is 83.9 Å². The second-order valence-electron chi connectivity index (χ2n) is 29.8. The van der Waals surface area contributed by atoms with Gasteiger partial charge in [-0.2, -0.15) is 13.2 Å². The van der Waals surface area contributed by atoms with Crippen molar-refractivity contribution in [2.24, 2.45) is 0 Å². The van der Waals surface area contributed by atoms with Gasteiger partial charge in [0.25, 0.3) is 0 Å². The largest absolute Gasteiger partial charge is 0.508 e. The van der Waals surface area contributed by atoms with Crippen molar-refractivity contribution < 1.29 is 102 Å². The van der Waals surface area contributed by atoms with Gasteiger partial charge >= 0.3 is 30.1 Å². The van der Waals surface area contributed by atoms with Gasteiger partial charge in [0, 0.05) is 75.8 Å². The smallest absolute Gasteiger partial charge is 0.417 e. The highest BCUT2D eigenvalue weighted by molar-refractivity contribution is 7.24. The Morgan fingerprint density at radius 1 is 0.365 bits per heavy atom. The molecule has 0 fully saturated rings. The number of phenols is 4. The molecule has 25 heteroatoms. The van der Waals surface area contributed by atoms with E-state index in [0.717, 1.165) is 143 Å². The van der Waals surface area contributed by atoms with Crippen LogP contribution < -0.4 is 18.9 Å². The summed E-state index contributed by atoms with van der Waals surface area (Å²) < 4.78 is 82.8. The Morgan fingerprint density at radius 3 is 1.01 bits per heavy atom. The Kier molecular flexibility index (Phi) is 27.5. The molecule has 4 heterocycles. The third-order valence-corrected chi connectivity index (χ3v) is 24.0. The van der Waals surface area contributed by atoms with E-state index >= 15 is 0 Å². The van der Waals surface area contributed by atoms with E-state index in [-0.39, 0.29) is 44.6 Å². The molecule has 0 spiro atoms. The Labute approximate surface area is 735 Å². The summed E-state index contributed by atoms with van der Waals surface area (Å²) in [6, 6.07) is 72.8. The number of aromatic hydroxyl groups is 4. The number of rotatable bonds is 21. The van der Waals surface area contributed by atoms with Crippen LogP contribution in [0.3, 0.4) is 0 Å². The van der Waals surface area contributed by atoms with Gasteiger partial charge in [-0.15, -0.1) is 45.3 Å². The van der Waals surface area contributed by atoms with Gasteiger partial charge in [-0.05, 0) is 235 Å². The van der Waals surface area contributed by atoms with Gasteiger partial charge in [-0.3, -0.25) is 0 Å². The quantitative estimate of drug-likeness (QED) is 0.0239. The van der Waals surface area contributed by atoms with Crippen LogP contribution in [0.25, 0.3) is 106 Å². The predicted molar refractivity (Wildman–Crippen MR) is 492 cm³/mol. The van der Waals surface area contributed by atoms with Crippen LogP contribution in [0.5, 0.6) is 69.0 Å². The number of aliphatic carboxylic acids is 4. The Hall–Kier alpha value is -14.6. The lowest BCUT2D eigenvalue weighted by molar-refractivity contribution is -0.137. The molecule has 0 saturated carbocycles. The zero-order valence-electron chi connectivity index (χ0n) is 67.9. The fourth-order valence-electron chi connectivity index (χ4n) is 13.4. The number of alkyl halides is 3. The minimum absolute atomic E-state index is 0.0634. The number of carbonyl (C=O) groups is 4. The number of phenolic OH excluding ortho intramolecular Hbond substituents is 4. The van der Waals surface area contributed by atoms with E-state index in [1.807, 2.05) is 91.0 Å². The summed E-state index contributed by atoms with van der Waals surface area (Å²) in [6.07, 6.45) is 4.79. The molecule has 126 heavy (non-hydrogen) atoms. The minimum Gasteiger partial charge on any atom is -0.508 e. The lowest BCUT2D eigenvalue weighted by atomic mass is 9.86. The molecule has 636 valence electrons. The van der Waals surface area contributed by atoms with Crippen molar-refractivity contribution in [2.75, 3.05) is 0 Å². The number of thiophene rings is 4. The topological polar surface area (TPSA) is 287 Å². The van der Waals surface area contributed by atoms with Gasteiger partial charge in [-0.25, -0.2) is 23.6 Å². The Balaban J connectivity index is 0.000000144. The van der Waals surface area contributed by atoms with Crippen molar-refractivity contribution in [3.05, 3.63) is 335 Å². The number of aliphatic hydroxyl groups is 1. The monoisotopic (exact) mass is 1770 g/mol. The molecule has 1 atom stereocenters. The first-order valence-electron chi connectivity index (χ1n) is 38.8. The van der Waals surface area contributed by atoms with Crippen molar-refractivity contribution >= 4 is 134 Å². The average molecular weight is 1770 g/mol. The van der Waals surface area contributed by atoms with Crippen LogP contribution in [0.4, 0.5) is 17.6 Å². The van der Waals surface area contributed by atoms with Gasteiger partial charge in [0.05, 0.1) is 31.2 Å². The second kappa shape index (κ2) is 38.9. The van der Waals surface area contributed by atoms with Crippen LogP contribution in [-0.2, 0) is 30.8 Å². The van der Waals surface area contributed by atoms with Gasteiger partial charge in [0.1, 0.15) is 51.8 Å². The first-order valence-corrected chi connectivity index (χ1v) is 42.0. The summed E-state index contributed by atoms with van der Waals surface area (Å²) in [5.41, 5.74) is 8.95. The summed E-state index contributed by atoms with van der Waals surface area (Å²) in [7, 11) is 0. The molecule has 0 amide bonds. The molecule has 4 aromatic heterocycles. The van der Waals surface area contributed by atoms with Crippen molar-refractivity contribution in [3.8, 4) is 111 Å². The zero-order chi connectivity index (χ0) is 89.8. The molecule has 0 aliphatic carbocycles. The number of aryl methyl sites for hydroxylation is 2. The minimum atomic E-state index is -4.80. The van der Waals surface area contributed by atoms with Crippen LogP contribution in [0.2, 0.25) is 0 Å². The lowest BCUT2D eigenvalue weighted by Gasteiger charge is -2.19. The standard InChI is InChI=1S/C27H24O4S.C25H20O5S.C25H20O4S.C24H14F4O4S/c1-27(2,3)19-9-7-18(8-10-19)26-25(22-14-11-20(28)16-23(22)32-26)31-21-12-4-17(5-13-21)6-15-24(29)30;1-15(26)19-4-2-3-5-20(19)25-24(21-12-9-17(27)14-22(21)31-25)30-18-10-6-16(7-11-18)8-13-23(28)29;1-15-11-16(2)13-18(12-15)25-24(21-9-6-19(26)14-22(21)30-25)29-20-7-3-17(4-8-20)5-10-23(27)28;25-14-4-8-17(19(11-14)24(26,27)28)23-22(18-9-5-15(29)12-20(18)33-23)32-16-6-1-13(2-7-16)3-10-21(30)31/h4-16,28H,1-3H3,(H,29,30);2-15,26-27H,1H3,(H,28,29);3-14,26H,1-2H3,(H,27,28);1-12,29H,(H,30,31)/b15-6+;13-8+;10-5+;10-3+/t;15-;;/m.0../s1. The highest BCUT2D eigenvalue weighted by atomic mass is 32.1. The van der Waals surface area contributed by atoms with E-state index in [1.54, 1.807) is 115 Å². The fourth-order valence-corrected chi connectivity index (χ4v) is 18.1. The molecule has 0 aliphatic heterocycles. The fraction of sp³-hybridized carbons (Fsp3) is 0.0891. The second-order valence-corrected chi connectivity index (χ2v) is 34.0. The molecule has 17 nitrogen and oxygen atoms in total. The van der Waals surface area contributed by atoms with E-state index in [2.05, 4.69) is 77.1 Å². The molecule has 9 N–H and O–H groups in total. The zero-order valence-corrected chi connectivity index (χ0v) is 71.1. The first kappa shape index (κ1) is 89.2. The average Bonchev–Trinajstić information content (AvgIpc) is 1.18. The number of hydrogen-bond donors (Lipinski definition) is 9. The van der Waals surface area contributed by atoms with Crippen LogP contribution in [-0.4, -0.2) is 69.8 Å². The SMILES string of the molecule is CC(C)(C)c1ccc(-c2sc3cc(O)ccc3c2Oc2ccc(/C=C/C(=O)O)cc2)cc1.C[C@H](O)c1ccccc1-c1sc2cc(O)ccc2c1Oc1ccc(/C=C/C(=O)O)cc1.Cc1cc(C)cc(-c2sc3cc(O)ccc3c2Oc2ccc(/C=C/C(=O)O)cc2)c1.O=C(O)/C=C/c1ccc(Oc2c(-c3ccc(F)cc3C(F)(F)F)sc3cc(O)ccc23)cc1. The molecule has 12 aromatic carbocycles. The van der Waals surface area contributed by atoms with E-state index in [0.29, 0.717) is 50.5 Å². The molecule has 0 unspecified atom stereocenters. The number of halogens is 4. The van der Waals surface area contributed by atoms with Crippen molar-refractivity contribution in [1.82, 2.24) is 0 Å². The van der Waals surface area contributed by atoms with Gasteiger partial charge < -0.3 is 64.9 Å². The molecule has 0 saturated heterocycles. The summed E-state index contributed by atoms with van der Waals surface area (Å²) in [5, 5.41) is 88.1. The molecule has 0 aliphatic rings. The maximum absolute atomic E-state index is 13.7. The summed E-state index contributed by atoms with van der Waals surface area (Å²) >= 11 is 5.62. The molecular formula is C101H78F4O17S4. The number of aliphatic hydroxyl groups excluding tert-OH is 1. The van der Waals surface area contributed by atoms with Crippen LogP contribution in [0, 0.1) is 19.7 Å². The number of carboxylic acid groups (broad SMARTS) is 4. The Morgan fingerprint density at radius 2 is 0.683 bits per heavy atom. The maximum Gasteiger partial charge on any atom is 0.417 e. The molecule has 0 bridgehead atoms. The number of benzene rings is 12. The lowest BCUT2D eigenvalue weighted by Crippen LogP contribution is -2.10. The third kappa shape index (κ3) is 22.4. The van der Waals surface area contributed by atoms with Gasteiger partial charge in [0.2, 0.25) is 0 Å². The molecule has 16 rings (SSSR count). The van der Waals surface area contributed by atoms with Crippen LogP contribution in [0.15, 0.2) is 279 Å². The van der Waals surface area contributed by atoms with E-state index in [4.69, 9.17) is 39.4 Å². The molecule has 0 radical (unpaired) electrons. The van der Waals surface area contributed by atoms with Crippen molar-refractivity contribution in [1.29, 1.82) is 0 Å². The van der Waals surface area contributed by atoms with Crippen LogP contribution >= 0.6 is 45.3 Å². The first-order chi connectivity index (χ1) is 60.1. The predicted octanol–water partition coefficient (Wildman–Crippen LogP) is 27.8. The highest BCUT2D eigenvalue weighted by Crippen LogP contribution is 2.54. The van der Waals surface area contributed by atoms with E-state index < -0.39 is 47.5 Å². The number of hydrogen-bond acceptors (Lipinski definition) is 17. The maximum atomic E-state index is 13.7. The Bertz CT molecular complexity index is 6830. The van der Waals surface area contributed by atoms with Crippen molar-refractivity contribution in [2.45, 2.75) is 59.2 Å². The third-order valence-electron chi connectivity index (χ3n) is 19.3. The number of fused-ring (bicyclic) bond motifs is 4.